The summed E-state index contributed by atoms with van der Waals surface area (Å²) >= 11 is 0. The number of hydrogen-bond acceptors (Lipinski definition) is 6. The van der Waals surface area contributed by atoms with E-state index in [1.54, 1.807) is 6.08 Å². The molecule has 0 saturated carbocycles. The number of carbonyl (C=O) groups excluding carboxylic acids is 3. The van der Waals surface area contributed by atoms with Crippen LogP contribution in [-0.2, 0) is 28.6 Å². The van der Waals surface area contributed by atoms with Gasteiger partial charge in [-0.05, 0) is 64.2 Å². The standard InChI is InChI=1S/C52H88O6/c1-4-7-10-13-16-19-21-23-25-26-27-29-30-33-36-39-42-45-51(54)57-48-49(47-56-50(53)44-41-38-35-32-18-15-12-9-6-3)58-52(55)46-43-40-37-34-31-28-24-22-20-17-14-11-8-5-2/h9,12,18,23,25,27,29,32-33,36,38,41,49H,4-8,10-11,13-17,19-22,24,26,28,30-31,34-35,37,39-40,42-48H2,1-3H3/b12-9-,25-23-,29-27-,32-18-,36-33-,41-38-. The summed E-state index contributed by atoms with van der Waals surface area (Å²) < 4.78 is 16.6. The summed E-state index contributed by atoms with van der Waals surface area (Å²) in [4.78, 5) is 37.7. The van der Waals surface area contributed by atoms with Crippen LogP contribution in [-0.4, -0.2) is 37.2 Å². The molecule has 0 aromatic carbocycles. The molecule has 0 aromatic heterocycles. The van der Waals surface area contributed by atoms with Gasteiger partial charge in [0.15, 0.2) is 6.10 Å². The molecule has 0 amide bonds. The molecule has 0 bridgehead atoms. The average Bonchev–Trinajstić information content (AvgIpc) is 3.22. The van der Waals surface area contributed by atoms with Gasteiger partial charge in [-0.15, -0.1) is 0 Å². The summed E-state index contributed by atoms with van der Waals surface area (Å²) in [5.74, 6) is -1.10. The van der Waals surface area contributed by atoms with Crippen LogP contribution in [0.1, 0.15) is 220 Å². The Hall–Kier alpha value is -3.15. The number of hydrogen-bond donors (Lipinski definition) is 0. The molecule has 0 radical (unpaired) electrons. The van der Waals surface area contributed by atoms with Gasteiger partial charge in [0, 0.05) is 12.8 Å². The number of ether oxygens (including phenoxy) is 3. The lowest BCUT2D eigenvalue weighted by Crippen LogP contribution is -2.30. The van der Waals surface area contributed by atoms with Gasteiger partial charge in [0.2, 0.25) is 0 Å². The van der Waals surface area contributed by atoms with Crippen molar-refractivity contribution in [1.29, 1.82) is 0 Å². The SMILES string of the molecule is CC/C=C\C/C=C\C/C=C\CC(=O)OCC(COC(=O)CCC/C=C\C/C=C\C/C=C\CCCCCCCC)OC(=O)CCCCCCCCCCCCCCCC. The van der Waals surface area contributed by atoms with E-state index < -0.39 is 12.1 Å². The van der Waals surface area contributed by atoms with E-state index >= 15 is 0 Å². The van der Waals surface area contributed by atoms with Gasteiger partial charge in [-0.3, -0.25) is 14.4 Å². The summed E-state index contributed by atoms with van der Waals surface area (Å²) in [6.45, 7) is 6.36. The van der Waals surface area contributed by atoms with Gasteiger partial charge in [0.05, 0.1) is 6.42 Å². The zero-order valence-corrected chi connectivity index (χ0v) is 37.8. The minimum absolute atomic E-state index is 0.127. The first-order chi connectivity index (χ1) is 28.5. The first-order valence-corrected chi connectivity index (χ1v) is 23.9. The van der Waals surface area contributed by atoms with Crippen LogP contribution in [0.2, 0.25) is 0 Å². The third kappa shape index (κ3) is 44.0. The van der Waals surface area contributed by atoms with Crippen LogP contribution in [0.4, 0.5) is 0 Å². The second kappa shape index (κ2) is 46.5. The summed E-state index contributed by atoms with van der Waals surface area (Å²) in [5.41, 5.74) is 0. The van der Waals surface area contributed by atoms with Gasteiger partial charge in [-0.2, -0.15) is 0 Å². The maximum absolute atomic E-state index is 12.7. The normalized spacial score (nSPS) is 12.7. The Bertz CT molecular complexity index is 1110. The molecule has 332 valence electrons. The average molecular weight is 809 g/mol. The molecule has 0 saturated heterocycles. The zero-order valence-electron chi connectivity index (χ0n) is 37.8. The van der Waals surface area contributed by atoms with Crippen molar-refractivity contribution in [3.05, 3.63) is 72.9 Å². The zero-order chi connectivity index (χ0) is 42.3. The van der Waals surface area contributed by atoms with Crippen molar-refractivity contribution >= 4 is 17.9 Å². The van der Waals surface area contributed by atoms with Gasteiger partial charge >= 0.3 is 17.9 Å². The molecule has 0 N–H and O–H groups in total. The van der Waals surface area contributed by atoms with Crippen LogP contribution in [0.3, 0.4) is 0 Å². The van der Waals surface area contributed by atoms with Crippen LogP contribution >= 0.6 is 0 Å². The molecule has 0 aliphatic carbocycles. The molecule has 58 heavy (non-hydrogen) atoms. The predicted octanol–water partition coefficient (Wildman–Crippen LogP) is 15.5. The van der Waals surface area contributed by atoms with Crippen molar-refractivity contribution < 1.29 is 28.6 Å². The van der Waals surface area contributed by atoms with E-state index in [1.165, 1.54) is 116 Å². The van der Waals surface area contributed by atoms with Crippen molar-refractivity contribution in [1.82, 2.24) is 0 Å². The topological polar surface area (TPSA) is 78.9 Å². The Morgan fingerprint density at radius 2 is 0.759 bits per heavy atom. The fourth-order valence-electron chi connectivity index (χ4n) is 6.40. The molecule has 0 aromatic rings. The van der Waals surface area contributed by atoms with Crippen LogP contribution in [0.5, 0.6) is 0 Å². The highest BCUT2D eigenvalue weighted by Crippen LogP contribution is 2.14. The van der Waals surface area contributed by atoms with Gasteiger partial charge in [-0.1, -0.05) is 209 Å². The molecule has 1 unspecified atom stereocenters. The van der Waals surface area contributed by atoms with E-state index in [1.807, 2.05) is 6.08 Å². The second-order valence-electron chi connectivity index (χ2n) is 15.7. The number of rotatable bonds is 42. The fourth-order valence-corrected chi connectivity index (χ4v) is 6.40. The summed E-state index contributed by atoms with van der Waals surface area (Å²) in [5, 5.41) is 0. The van der Waals surface area contributed by atoms with Crippen molar-refractivity contribution in [3.8, 4) is 0 Å². The Kier molecular flexibility index (Phi) is 44.0. The third-order valence-corrected chi connectivity index (χ3v) is 9.98. The molecule has 0 fully saturated rings. The molecule has 1 atom stereocenters. The summed E-state index contributed by atoms with van der Waals surface area (Å²) in [6.07, 6.45) is 57.9. The highest BCUT2D eigenvalue weighted by molar-refractivity contribution is 5.72. The van der Waals surface area contributed by atoms with Crippen molar-refractivity contribution in [3.63, 3.8) is 0 Å². The van der Waals surface area contributed by atoms with Gasteiger partial charge < -0.3 is 14.2 Å². The highest BCUT2D eigenvalue weighted by atomic mass is 16.6. The summed E-state index contributed by atoms with van der Waals surface area (Å²) in [6, 6.07) is 0. The van der Waals surface area contributed by atoms with E-state index in [4.69, 9.17) is 14.2 Å². The molecule has 0 aliphatic heterocycles. The smallest absolute Gasteiger partial charge is 0.309 e. The molecule has 0 rings (SSSR count). The van der Waals surface area contributed by atoms with E-state index in [2.05, 4.69) is 81.5 Å². The maximum Gasteiger partial charge on any atom is 0.309 e. The van der Waals surface area contributed by atoms with E-state index in [0.717, 1.165) is 57.8 Å². The third-order valence-electron chi connectivity index (χ3n) is 9.98. The number of esters is 3. The lowest BCUT2D eigenvalue weighted by atomic mass is 10.0. The Morgan fingerprint density at radius 1 is 0.379 bits per heavy atom. The van der Waals surface area contributed by atoms with E-state index in [-0.39, 0.29) is 38.0 Å². The Balaban J connectivity index is 4.47. The monoisotopic (exact) mass is 809 g/mol. The molecule has 6 nitrogen and oxygen atoms in total. The van der Waals surface area contributed by atoms with Crippen LogP contribution in [0.25, 0.3) is 0 Å². The minimum atomic E-state index is -0.827. The number of unbranched alkanes of at least 4 members (excludes halogenated alkanes) is 20. The van der Waals surface area contributed by atoms with Crippen molar-refractivity contribution in [2.24, 2.45) is 0 Å². The molecule has 0 aliphatic rings. The van der Waals surface area contributed by atoms with E-state index in [9.17, 15) is 14.4 Å². The first-order valence-electron chi connectivity index (χ1n) is 23.9. The summed E-state index contributed by atoms with van der Waals surface area (Å²) in [7, 11) is 0. The van der Waals surface area contributed by atoms with Crippen LogP contribution in [0.15, 0.2) is 72.9 Å². The van der Waals surface area contributed by atoms with Crippen molar-refractivity contribution in [2.75, 3.05) is 13.2 Å². The van der Waals surface area contributed by atoms with Crippen LogP contribution in [0, 0.1) is 0 Å². The predicted molar refractivity (Wildman–Crippen MR) is 247 cm³/mol. The lowest BCUT2D eigenvalue weighted by molar-refractivity contribution is -0.166. The van der Waals surface area contributed by atoms with Gasteiger partial charge in [-0.25, -0.2) is 0 Å². The number of carbonyl (C=O) groups is 3. The quantitative estimate of drug-likeness (QED) is 0.0264. The maximum atomic E-state index is 12.7. The molecule has 0 heterocycles. The minimum Gasteiger partial charge on any atom is -0.462 e. The van der Waals surface area contributed by atoms with Crippen molar-refractivity contribution in [2.45, 2.75) is 226 Å². The number of allylic oxidation sites excluding steroid dienone is 11. The fraction of sp³-hybridized carbons (Fsp3) is 0.712. The first kappa shape index (κ1) is 54.9. The Labute approximate surface area is 357 Å². The van der Waals surface area contributed by atoms with Crippen LogP contribution < -0.4 is 0 Å². The molecule has 0 spiro atoms. The highest BCUT2D eigenvalue weighted by Gasteiger charge is 2.19. The molecule has 6 heteroatoms. The molecular weight excluding hydrogens is 721 g/mol. The Morgan fingerprint density at radius 3 is 1.26 bits per heavy atom. The largest absolute Gasteiger partial charge is 0.462 e. The lowest BCUT2D eigenvalue weighted by Gasteiger charge is -2.18. The van der Waals surface area contributed by atoms with Gasteiger partial charge in [0.1, 0.15) is 13.2 Å². The van der Waals surface area contributed by atoms with Gasteiger partial charge in [0.25, 0.3) is 0 Å². The van der Waals surface area contributed by atoms with E-state index in [0.29, 0.717) is 12.8 Å². The molecular formula is C52H88O6. The second-order valence-corrected chi connectivity index (χ2v) is 15.7.